The van der Waals surface area contributed by atoms with Crippen LogP contribution in [0.3, 0.4) is 0 Å². The lowest BCUT2D eigenvalue weighted by Crippen LogP contribution is -2.35. The van der Waals surface area contributed by atoms with Crippen LogP contribution in [-0.2, 0) is 10.0 Å². The maximum Gasteiger partial charge on any atom is 0.238 e. The van der Waals surface area contributed by atoms with Gasteiger partial charge in [-0.15, -0.1) is 0 Å². The molecule has 1 saturated heterocycles. The molecule has 0 aromatic heterocycles. The minimum absolute atomic E-state index is 0.0704. The molecule has 1 aliphatic rings. The topological polar surface area (TPSA) is 110 Å². The molecule has 19 heavy (non-hydrogen) atoms. The van der Waals surface area contributed by atoms with Gasteiger partial charge in [-0.2, -0.15) is 0 Å². The predicted octanol–water partition coefficient (Wildman–Crippen LogP) is 0.125. The standard InChI is InChI=1S/C12H19N3O3S/c13-11-2-1-10(19(14,17)18)7-12(11)15-5-3-9(8-16)4-6-15/h1-2,7,9,16H,3-6,8,13H2,(H2,14,17,18). The number of hydrogen-bond acceptors (Lipinski definition) is 5. The van der Waals surface area contributed by atoms with Gasteiger partial charge in [0.05, 0.1) is 16.3 Å². The minimum Gasteiger partial charge on any atom is -0.397 e. The van der Waals surface area contributed by atoms with E-state index in [1.807, 2.05) is 4.90 Å². The van der Waals surface area contributed by atoms with Crippen molar-refractivity contribution >= 4 is 21.4 Å². The molecule has 0 amide bonds. The third-order valence-corrected chi connectivity index (χ3v) is 4.45. The first-order valence-electron chi connectivity index (χ1n) is 6.20. The number of aliphatic hydroxyl groups excluding tert-OH is 1. The summed E-state index contributed by atoms with van der Waals surface area (Å²) in [6, 6.07) is 4.49. The molecular formula is C12H19N3O3S. The average Bonchev–Trinajstić information content (AvgIpc) is 2.38. The summed E-state index contributed by atoms with van der Waals surface area (Å²) >= 11 is 0. The Labute approximate surface area is 113 Å². The maximum absolute atomic E-state index is 11.4. The molecule has 106 valence electrons. The number of piperidine rings is 1. The summed E-state index contributed by atoms with van der Waals surface area (Å²) in [5.74, 6) is 0.318. The molecule has 0 saturated carbocycles. The fourth-order valence-corrected chi connectivity index (χ4v) is 2.86. The Morgan fingerprint density at radius 3 is 2.47 bits per heavy atom. The summed E-state index contributed by atoms with van der Waals surface area (Å²) in [6.45, 7) is 1.70. The van der Waals surface area contributed by atoms with E-state index in [-0.39, 0.29) is 11.5 Å². The monoisotopic (exact) mass is 285 g/mol. The van der Waals surface area contributed by atoms with Gasteiger partial charge in [0.15, 0.2) is 0 Å². The van der Waals surface area contributed by atoms with Gasteiger partial charge in [-0.3, -0.25) is 0 Å². The van der Waals surface area contributed by atoms with Gasteiger partial charge in [0.25, 0.3) is 0 Å². The van der Waals surface area contributed by atoms with E-state index in [9.17, 15) is 8.42 Å². The Morgan fingerprint density at radius 1 is 1.32 bits per heavy atom. The molecule has 7 heteroatoms. The van der Waals surface area contributed by atoms with E-state index in [1.54, 1.807) is 6.07 Å². The van der Waals surface area contributed by atoms with Gasteiger partial charge in [-0.1, -0.05) is 0 Å². The highest BCUT2D eigenvalue weighted by atomic mass is 32.2. The molecule has 0 spiro atoms. The van der Waals surface area contributed by atoms with Gasteiger partial charge >= 0.3 is 0 Å². The van der Waals surface area contributed by atoms with Crippen molar-refractivity contribution < 1.29 is 13.5 Å². The SMILES string of the molecule is Nc1ccc(S(N)(=O)=O)cc1N1CCC(CO)CC1. The molecule has 2 rings (SSSR count). The summed E-state index contributed by atoms with van der Waals surface area (Å²) in [5.41, 5.74) is 7.14. The Hall–Kier alpha value is -1.31. The largest absolute Gasteiger partial charge is 0.397 e. The molecule has 0 atom stereocenters. The zero-order valence-corrected chi connectivity index (χ0v) is 11.4. The number of rotatable bonds is 3. The number of nitrogens with zero attached hydrogens (tertiary/aromatic N) is 1. The lowest BCUT2D eigenvalue weighted by atomic mass is 9.97. The van der Waals surface area contributed by atoms with Crippen molar-refractivity contribution in [2.24, 2.45) is 11.1 Å². The van der Waals surface area contributed by atoms with Crippen LogP contribution in [0.2, 0.25) is 0 Å². The highest BCUT2D eigenvalue weighted by molar-refractivity contribution is 7.89. The van der Waals surface area contributed by atoms with Gasteiger partial charge in [0, 0.05) is 19.7 Å². The highest BCUT2D eigenvalue weighted by Gasteiger charge is 2.21. The van der Waals surface area contributed by atoms with E-state index >= 15 is 0 Å². The van der Waals surface area contributed by atoms with Crippen LogP contribution < -0.4 is 15.8 Å². The Balaban J connectivity index is 2.25. The summed E-state index contributed by atoms with van der Waals surface area (Å²) in [5, 5.41) is 14.2. The molecule has 0 unspecified atom stereocenters. The molecule has 6 nitrogen and oxygen atoms in total. The molecule has 1 fully saturated rings. The second kappa shape index (κ2) is 5.36. The first kappa shape index (κ1) is 14.1. The van der Waals surface area contributed by atoms with E-state index in [0.29, 0.717) is 17.3 Å². The van der Waals surface area contributed by atoms with E-state index < -0.39 is 10.0 Å². The summed E-state index contributed by atoms with van der Waals surface area (Å²) < 4.78 is 22.7. The Kier molecular flexibility index (Phi) is 3.98. The molecule has 1 heterocycles. The third-order valence-electron chi connectivity index (χ3n) is 3.54. The number of hydrogen-bond donors (Lipinski definition) is 3. The van der Waals surface area contributed by atoms with Crippen molar-refractivity contribution in [3.05, 3.63) is 18.2 Å². The molecule has 1 aromatic carbocycles. The molecule has 1 aliphatic heterocycles. The molecule has 5 N–H and O–H groups in total. The molecule has 1 aromatic rings. The van der Waals surface area contributed by atoms with Crippen LogP contribution in [0.5, 0.6) is 0 Å². The van der Waals surface area contributed by atoms with Crippen molar-refractivity contribution in [3.63, 3.8) is 0 Å². The molecular weight excluding hydrogens is 266 g/mol. The van der Waals surface area contributed by atoms with Crippen LogP contribution in [-0.4, -0.2) is 33.2 Å². The Bertz CT molecular complexity index is 551. The van der Waals surface area contributed by atoms with Crippen LogP contribution in [0.1, 0.15) is 12.8 Å². The van der Waals surface area contributed by atoms with E-state index in [0.717, 1.165) is 25.9 Å². The second-order valence-electron chi connectivity index (χ2n) is 4.88. The zero-order chi connectivity index (χ0) is 14.0. The van der Waals surface area contributed by atoms with Crippen molar-refractivity contribution in [1.82, 2.24) is 0 Å². The smallest absolute Gasteiger partial charge is 0.238 e. The average molecular weight is 285 g/mol. The zero-order valence-electron chi connectivity index (χ0n) is 10.6. The van der Waals surface area contributed by atoms with E-state index in [1.165, 1.54) is 12.1 Å². The van der Waals surface area contributed by atoms with Crippen molar-refractivity contribution in [1.29, 1.82) is 0 Å². The maximum atomic E-state index is 11.4. The van der Waals surface area contributed by atoms with E-state index in [4.69, 9.17) is 16.0 Å². The lowest BCUT2D eigenvalue weighted by Gasteiger charge is -2.33. The Morgan fingerprint density at radius 2 is 1.95 bits per heavy atom. The number of sulfonamides is 1. The fourth-order valence-electron chi connectivity index (χ4n) is 2.33. The molecule has 0 aliphatic carbocycles. The van der Waals surface area contributed by atoms with Crippen molar-refractivity contribution in [2.75, 3.05) is 30.3 Å². The number of benzene rings is 1. The molecule has 0 bridgehead atoms. The van der Waals surface area contributed by atoms with Crippen LogP contribution >= 0.6 is 0 Å². The second-order valence-corrected chi connectivity index (χ2v) is 6.44. The number of anilines is 2. The lowest BCUT2D eigenvalue weighted by molar-refractivity contribution is 0.203. The summed E-state index contributed by atoms with van der Waals surface area (Å²) in [4.78, 5) is 2.11. The van der Waals surface area contributed by atoms with E-state index in [2.05, 4.69) is 0 Å². The summed E-state index contributed by atoms with van der Waals surface area (Å²) in [7, 11) is -3.72. The van der Waals surface area contributed by atoms with Crippen molar-refractivity contribution in [3.8, 4) is 0 Å². The van der Waals surface area contributed by atoms with Crippen LogP contribution in [0.4, 0.5) is 11.4 Å². The third kappa shape index (κ3) is 3.17. The normalized spacial score (nSPS) is 17.7. The fraction of sp³-hybridized carbons (Fsp3) is 0.500. The number of nitrogen functional groups attached to an aromatic ring is 1. The van der Waals surface area contributed by atoms with Gasteiger partial charge in [0.1, 0.15) is 0 Å². The predicted molar refractivity (Wildman–Crippen MR) is 74.3 cm³/mol. The number of primary sulfonamides is 1. The van der Waals surface area contributed by atoms with Crippen LogP contribution in [0.15, 0.2) is 23.1 Å². The highest BCUT2D eigenvalue weighted by Crippen LogP contribution is 2.29. The number of nitrogens with two attached hydrogens (primary N) is 2. The first-order chi connectivity index (χ1) is 8.91. The van der Waals surface area contributed by atoms with Gasteiger partial charge < -0.3 is 15.7 Å². The quantitative estimate of drug-likeness (QED) is 0.684. The van der Waals surface area contributed by atoms with Gasteiger partial charge in [-0.25, -0.2) is 13.6 Å². The number of aliphatic hydroxyl groups is 1. The van der Waals surface area contributed by atoms with Crippen LogP contribution in [0.25, 0.3) is 0 Å². The van der Waals surface area contributed by atoms with Gasteiger partial charge in [-0.05, 0) is 37.0 Å². The minimum atomic E-state index is -3.72. The summed E-state index contributed by atoms with van der Waals surface area (Å²) in [6.07, 6.45) is 1.74. The van der Waals surface area contributed by atoms with Gasteiger partial charge in [0.2, 0.25) is 10.0 Å². The molecule has 0 radical (unpaired) electrons. The first-order valence-corrected chi connectivity index (χ1v) is 7.74. The van der Waals surface area contributed by atoms with Crippen LogP contribution in [0, 0.1) is 5.92 Å². The van der Waals surface area contributed by atoms with Crippen molar-refractivity contribution in [2.45, 2.75) is 17.7 Å².